The maximum absolute atomic E-state index is 13.3. The van der Waals surface area contributed by atoms with E-state index in [1.807, 2.05) is 0 Å². The van der Waals surface area contributed by atoms with E-state index in [-0.39, 0.29) is 36.0 Å². The first-order chi connectivity index (χ1) is 12.8. The molecule has 0 spiro atoms. The molecule has 0 radical (unpaired) electrons. The summed E-state index contributed by atoms with van der Waals surface area (Å²) in [6, 6.07) is 5.57. The lowest BCUT2D eigenvalue weighted by atomic mass is 10.0. The second kappa shape index (κ2) is 7.99. The van der Waals surface area contributed by atoms with Crippen LogP contribution in [0.1, 0.15) is 17.7 Å². The van der Waals surface area contributed by atoms with Crippen molar-refractivity contribution in [2.45, 2.75) is 19.6 Å². The Morgan fingerprint density at radius 3 is 2.63 bits per heavy atom. The van der Waals surface area contributed by atoms with Crippen LogP contribution in [0.5, 0.6) is 5.75 Å². The Kier molecular flexibility index (Phi) is 5.69. The van der Waals surface area contributed by atoms with E-state index in [9.17, 15) is 22.4 Å². The van der Waals surface area contributed by atoms with Crippen molar-refractivity contribution in [1.29, 1.82) is 0 Å². The van der Waals surface area contributed by atoms with Gasteiger partial charge in [-0.25, -0.2) is 13.6 Å². The zero-order valence-electron chi connectivity index (χ0n) is 13.7. The SMILES string of the molecule is O=C1OCCN1Cc1cc(-c2ccc(Cl)c(OC(F)F)c2)cnc1C(F)F. The molecule has 0 atom stereocenters. The summed E-state index contributed by atoms with van der Waals surface area (Å²) < 4.78 is 60.6. The number of rotatable bonds is 6. The monoisotopic (exact) mass is 404 g/mol. The van der Waals surface area contributed by atoms with Gasteiger partial charge in [0.25, 0.3) is 6.43 Å². The molecule has 0 aliphatic carbocycles. The van der Waals surface area contributed by atoms with Gasteiger partial charge in [-0.3, -0.25) is 4.98 Å². The highest BCUT2D eigenvalue weighted by molar-refractivity contribution is 6.32. The molecular weight excluding hydrogens is 392 g/mol. The minimum atomic E-state index is -3.06. The molecule has 0 unspecified atom stereocenters. The minimum Gasteiger partial charge on any atom is -0.448 e. The number of carbonyl (C=O) groups is 1. The van der Waals surface area contributed by atoms with Gasteiger partial charge >= 0.3 is 12.7 Å². The van der Waals surface area contributed by atoms with Crippen LogP contribution in [-0.2, 0) is 11.3 Å². The molecule has 2 aromatic rings. The first kappa shape index (κ1) is 19.2. The number of alkyl halides is 4. The zero-order chi connectivity index (χ0) is 19.6. The molecule has 27 heavy (non-hydrogen) atoms. The highest BCUT2D eigenvalue weighted by atomic mass is 35.5. The van der Waals surface area contributed by atoms with Crippen molar-refractivity contribution in [3.8, 4) is 16.9 Å². The van der Waals surface area contributed by atoms with Gasteiger partial charge in [-0.1, -0.05) is 17.7 Å². The van der Waals surface area contributed by atoms with Crippen LogP contribution in [0, 0.1) is 0 Å². The summed E-state index contributed by atoms with van der Waals surface area (Å²) in [4.78, 5) is 16.7. The third-order valence-corrected chi connectivity index (χ3v) is 4.21. The van der Waals surface area contributed by atoms with Crippen LogP contribution in [0.4, 0.5) is 22.4 Å². The van der Waals surface area contributed by atoms with Crippen molar-refractivity contribution in [3.05, 3.63) is 46.7 Å². The number of hydrogen-bond donors (Lipinski definition) is 0. The molecule has 0 bridgehead atoms. The normalized spacial score (nSPS) is 14.2. The second-order valence-corrected chi connectivity index (χ2v) is 6.04. The number of aromatic nitrogens is 1. The van der Waals surface area contributed by atoms with Crippen LogP contribution in [0.3, 0.4) is 0 Å². The van der Waals surface area contributed by atoms with Crippen LogP contribution in [-0.4, -0.2) is 35.7 Å². The van der Waals surface area contributed by atoms with Crippen LogP contribution >= 0.6 is 11.6 Å². The fraction of sp³-hybridized carbons (Fsp3) is 0.294. The molecule has 5 nitrogen and oxygen atoms in total. The fourth-order valence-electron chi connectivity index (χ4n) is 2.65. The lowest BCUT2D eigenvalue weighted by molar-refractivity contribution is -0.0497. The quantitative estimate of drug-likeness (QED) is 0.643. The predicted octanol–water partition coefficient (Wildman–Crippen LogP) is 4.89. The number of hydrogen-bond acceptors (Lipinski definition) is 4. The minimum absolute atomic E-state index is 0.0174. The number of carbonyl (C=O) groups excluding carboxylic acids is 1. The fourth-order valence-corrected chi connectivity index (χ4v) is 2.81. The van der Waals surface area contributed by atoms with Crippen LogP contribution in [0.25, 0.3) is 11.1 Å². The van der Waals surface area contributed by atoms with Crippen molar-refractivity contribution in [2.24, 2.45) is 0 Å². The maximum Gasteiger partial charge on any atom is 0.410 e. The number of nitrogens with zero attached hydrogens (tertiary/aromatic N) is 2. The van der Waals surface area contributed by atoms with Crippen molar-refractivity contribution in [1.82, 2.24) is 9.88 Å². The van der Waals surface area contributed by atoms with Crippen LogP contribution in [0.2, 0.25) is 5.02 Å². The van der Waals surface area contributed by atoms with Gasteiger partial charge in [0.05, 0.1) is 18.1 Å². The Hall–Kier alpha value is -2.55. The summed E-state index contributed by atoms with van der Waals surface area (Å²) in [5, 5.41) is -0.0174. The molecular formula is C17H13ClF4N2O3. The third-order valence-electron chi connectivity index (χ3n) is 3.89. The summed E-state index contributed by atoms with van der Waals surface area (Å²) in [6.07, 6.45) is -2.24. The zero-order valence-corrected chi connectivity index (χ0v) is 14.4. The average Bonchev–Trinajstić information content (AvgIpc) is 3.01. The molecule has 2 heterocycles. The molecule has 1 aromatic heterocycles. The standard InChI is InChI=1S/C17H13ClF4N2O3/c18-12-2-1-9(6-13(12)27-16(21)22)10-5-11(14(15(19)20)23-7-10)8-24-3-4-26-17(24)25/h1-2,5-7,15-16H,3-4,8H2. The molecule has 1 amide bonds. The molecule has 1 aliphatic rings. The average molecular weight is 405 g/mol. The highest BCUT2D eigenvalue weighted by Gasteiger charge is 2.25. The van der Waals surface area contributed by atoms with Crippen LogP contribution < -0.4 is 4.74 Å². The van der Waals surface area contributed by atoms with Gasteiger partial charge in [-0.2, -0.15) is 8.78 Å². The molecule has 144 valence electrons. The number of cyclic esters (lactones) is 1. The molecule has 1 saturated heterocycles. The van der Waals surface area contributed by atoms with Gasteiger partial charge in [0.1, 0.15) is 18.1 Å². The van der Waals surface area contributed by atoms with Crippen LogP contribution in [0.15, 0.2) is 30.5 Å². The van der Waals surface area contributed by atoms with E-state index >= 15 is 0 Å². The predicted molar refractivity (Wildman–Crippen MR) is 88.0 cm³/mol. The number of halogens is 5. The summed E-state index contributed by atoms with van der Waals surface area (Å²) in [7, 11) is 0. The topological polar surface area (TPSA) is 51.7 Å². The Morgan fingerprint density at radius 2 is 2.00 bits per heavy atom. The Bertz CT molecular complexity index is 851. The smallest absolute Gasteiger partial charge is 0.410 e. The summed E-state index contributed by atoms with van der Waals surface area (Å²) in [5.41, 5.74) is 0.454. The maximum atomic E-state index is 13.3. The Balaban J connectivity index is 1.96. The number of benzene rings is 1. The van der Waals surface area contributed by atoms with Gasteiger partial charge in [-0.15, -0.1) is 0 Å². The van der Waals surface area contributed by atoms with E-state index in [1.165, 1.54) is 35.4 Å². The van der Waals surface area contributed by atoms with Gasteiger partial charge in [0.15, 0.2) is 0 Å². The number of amides is 1. The summed E-state index contributed by atoms with van der Waals surface area (Å²) in [5.74, 6) is -0.244. The third kappa shape index (κ3) is 4.41. The lowest BCUT2D eigenvalue weighted by Gasteiger charge is -2.16. The van der Waals surface area contributed by atoms with Crippen molar-refractivity contribution < 1.29 is 31.8 Å². The first-order valence-corrected chi connectivity index (χ1v) is 8.16. The van der Waals surface area contributed by atoms with E-state index < -0.39 is 24.8 Å². The largest absolute Gasteiger partial charge is 0.448 e. The first-order valence-electron chi connectivity index (χ1n) is 7.78. The molecule has 1 fully saturated rings. The van der Waals surface area contributed by atoms with E-state index in [2.05, 4.69) is 9.72 Å². The highest BCUT2D eigenvalue weighted by Crippen LogP contribution is 2.33. The Labute approximate surface area is 156 Å². The number of ether oxygens (including phenoxy) is 2. The van der Waals surface area contributed by atoms with E-state index in [0.29, 0.717) is 11.1 Å². The van der Waals surface area contributed by atoms with Crippen molar-refractivity contribution >= 4 is 17.7 Å². The van der Waals surface area contributed by atoms with E-state index in [4.69, 9.17) is 16.3 Å². The van der Waals surface area contributed by atoms with Gasteiger partial charge in [0.2, 0.25) is 0 Å². The molecule has 10 heteroatoms. The van der Waals surface area contributed by atoms with E-state index in [0.717, 1.165) is 0 Å². The van der Waals surface area contributed by atoms with Gasteiger partial charge in [-0.05, 0) is 29.3 Å². The van der Waals surface area contributed by atoms with Gasteiger partial charge in [0, 0.05) is 11.8 Å². The van der Waals surface area contributed by atoms with Gasteiger partial charge < -0.3 is 14.4 Å². The summed E-state index contributed by atoms with van der Waals surface area (Å²) in [6.45, 7) is -2.71. The molecule has 1 aromatic carbocycles. The van der Waals surface area contributed by atoms with E-state index in [1.54, 1.807) is 0 Å². The second-order valence-electron chi connectivity index (χ2n) is 5.63. The molecule has 0 saturated carbocycles. The van der Waals surface area contributed by atoms with Crippen molar-refractivity contribution in [3.63, 3.8) is 0 Å². The van der Waals surface area contributed by atoms with Crippen molar-refractivity contribution in [2.75, 3.05) is 13.2 Å². The summed E-state index contributed by atoms with van der Waals surface area (Å²) >= 11 is 5.82. The lowest BCUT2D eigenvalue weighted by Crippen LogP contribution is -2.24. The Morgan fingerprint density at radius 1 is 1.22 bits per heavy atom. The molecule has 3 rings (SSSR count). The number of pyridine rings is 1. The molecule has 1 aliphatic heterocycles. The molecule has 0 N–H and O–H groups in total.